The molecule has 0 aliphatic carbocycles. The molecule has 0 fully saturated rings. The molecular weight excluding hydrogens is 536 g/mol. The molecule has 2 unspecified atom stereocenters. The Bertz CT molecular complexity index is 960. The molecule has 2 aliphatic rings. The molecule has 0 saturated carbocycles. The maximum absolute atomic E-state index is 8.03. The van der Waals surface area contributed by atoms with Crippen LogP contribution >= 0.6 is 33.4 Å². The van der Waals surface area contributed by atoms with Crippen LogP contribution in [0.3, 0.4) is 0 Å². The molecule has 2 aliphatic heterocycles. The van der Waals surface area contributed by atoms with Gasteiger partial charge in [-0.05, 0) is 0 Å². The molecule has 0 aromatic heterocycles. The third-order valence-electron chi connectivity index (χ3n) is 6.35. The average molecular weight is 565 g/mol. The van der Waals surface area contributed by atoms with E-state index in [1.54, 1.807) is 0 Å². The van der Waals surface area contributed by atoms with Gasteiger partial charge in [-0.3, -0.25) is 0 Å². The van der Waals surface area contributed by atoms with Gasteiger partial charge in [-0.1, -0.05) is 0 Å². The molecule has 31 heavy (non-hydrogen) atoms. The first-order valence-corrected chi connectivity index (χ1v) is 21.7. The van der Waals surface area contributed by atoms with Crippen molar-refractivity contribution in [3.8, 4) is 0 Å². The average Bonchev–Trinajstić information content (AvgIpc) is 3.42. The molecule has 0 spiro atoms. The third-order valence-corrected chi connectivity index (χ3v) is 32.0. The van der Waals surface area contributed by atoms with Gasteiger partial charge in [0.1, 0.15) is 0 Å². The van der Waals surface area contributed by atoms with Gasteiger partial charge in [0.15, 0.2) is 0 Å². The van der Waals surface area contributed by atoms with Crippen molar-refractivity contribution in [3.05, 3.63) is 95.1 Å². The molecule has 2 aromatic rings. The Balaban J connectivity index is 2.02. The van der Waals surface area contributed by atoms with Gasteiger partial charge in [0.25, 0.3) is 0 Å². The molecule has 4 rings (SSSR count). The van der Waals surface area contributed by atoms with Crippen molar-refractivity contribution < 1.29 is 17.9 Å². The number of hydrogen-bond donors (Lipinski definition) is 0. The Hall–Kier alpha value is -0.277. The zero-order valence-electron chi connectivity index (χ0n) is 18.1. The molecule has 2 aromatic carbocycles. The van der Waals surface area contributed by atoms with Gasteiger partial charge in [0.2, 0.25) is 0 Å². The second-order valence-corrected chi connectivity index (χ2v) is 27.1. The molecule has 0 amide bonds. The van der Waals surface area contributed by atoms with Crippen LogP contribution in [0.25, 0.3) is 0 Å². The van der Waals surface area contributed by atoms with E-state index in [0.29, 0.717) is 0 Å². The monoisotopic (exact) mass is 562 g/mol. The van der Waals surface area contributed by atoms with Gasteiger partial charge in [0, 0.05) is 0 Å². The van der Waals surface area contributed by atoms with E-state index in [4.69, 9.17) is 17.0 Å². The van der Waals surface area contributed by atoms with Gasteiger partial charge in [-0.15, -0.1) is 0 Å². The maximum atomic E-state index is 8.03. The third kappa shape index (κ3) is 3.78. The zero-order chi connectivity index (χ0) is 22.0. The van der Waals surface area contributed by atoms with Crippen molar-refractivity contribution in [2.24, 2.45) is 0 Å². The van der Waals surface area contributed by atoms with E-state index < -0.39 is 17.9 Å². The Morgan fingerprint density at radius 1 is 0.677 bits per heavy atom. The van der Waals surface area contributed by atoms with Gasteiger partial charge in [-0.25, -0.2) is 0 Å². The molecule has 2 atom stereocenters. The van der Waals surface area contributed by atoms with Crippen LogP contribution in [-0.4, -0.2) is 11.6 Å². The van der Waals surface area contributed by atoms with E-state index >= 15 is 0 Å². The number of hydrogen-bond acceptors (Lipinski definition) is 0. The predicted octanol–water partition coefficient (Wildman–Crippen LogP) is 9.13. The van der Waals surface area contributed by atoms with Crippen molar-refractivity contribution in [2.45, 2.75) is 45.3 Å². The number of allylic oxidation sites excluding steroid dienone is 4. The van der Waals surface area contributed by atoms with E-state index in [9.17, 15) is 0 Å². The summed E-state index contributed by atoms with van der Waals surface area (Å²) in [4.78, 5) is 0. The van der Waals surface area contributed by atoms with Crippen LogP contribution in [0.2, 0.25) is 0 Å². The molecule has 0 bridgehead atoms. The fourth-order valence-electron chi connectivity index (χ4n) is 5.02. The summed E-state index contributed by atoms with van der Waals surface area (Å²) in [5.74, 6) is 4.59. The van der Waals surface area contributed by atoms with Crippen LogP contribution in [0, 0.1) is 0 Å². The minimum absolute atomic E-state index is 0.289. The van der Waals surface area contributed by atoms with Crippen LogP contribution in [0.15, 0.2) is 84.0 Å². The Labute approximate surface area is 201 Å². The van der Waals surface area contributed by atoms with Crippen LogP contribution in [0.5, 0.6) is 0 Å². The number of benzene rings is 2. The summed E-state index contributed by atoms with van der Waals surface area (Å²) in [6.07, 6.45) is 8.92. The SMILES string of the molecule is CCCC1=CC=P[C]1(c1ccccc1)[Zr]([Cl])([Cl])[C]1(c2ccccc2)P=CC=C1CCC. The van der Waals surface area contributed by atoms with Crippen molar-refractivity contribution >= 4 is 45.0 Å². The van der Waals surface area contributed by atoms with Crippen LogP contribution in [0.1, 0.15) is 50.7 Å². The van der Waals surface area contributed by atoms with Gasteiger partial charge < -0.3 is 0 Å². The minimum atomic E-state index is -4.14. The normalized spacial score (nSPS) is 26.1. The van der Waals surface area contributed by atoms with Crippen molar-refractivity contribution in [3.63, 3.8) is 0 Å². The van der Waals surface area contributed by atoms with Crippen LogP contribution in [0.4, 0.5) is 0 Å². The summed E-state index contributed by atoms with van der Waals surface area (Å²) in [5, 5.41) is 0. The first-order chi connectivity index (χ1) is 15.0. The molecule has 0 radical (unpaired) electrons. The predicted molar refractivity (Wildman–Crippen MR) is 140 cm³/mol. The summed E-state index contributed by atoms with van der Waals surface area (Å²) >= 11 is -4.14. The molecule has 160 valence electrons. The molecular formula is C26H28Cl2P2Zr. The molecule has 5 heteroatoms. The van der Waals surface area contributed by atoms with Crippen LogP contribution in [-0.2, 0) is 23.6 Å². The topological polar surface area (TPSA) is 0 Å². The Kier molecular flexibility index (Phi) is 7.64. The van der Waals surface area contributed by atoms with Crippen molar-refractivity contribution in [1.29, 1.82) is 0 Å². The molecule has 0 saturated heterocycles. The summed E-state index contributed by atoms with van der Waals surface area (Å²) in [5.41, 5.74) is 5.44. The standard InChI is InChI=1S/2C13H14P.2ClH.Zr/c2*1-2-6-11-9-10-14-13(11)12-7-4-3-5-8-12;;;/h2*3-5,7-10H,2,6H2,1H3;2*1H;/q;;;;+2/p-2. The Morgan fingerprint density at radius 2 is 1.06 bits per heavy atom. The number of halogens is 2. The van der Waals surface area contributed by atoms with Crippen LogP contribution < -0.4 is 0 Å². The van der Waals surface area contributed by atoms with E-state index in [1.165, 1.54) is 38.7 Å². The summed E-state index contributed by atoms with van der Waals surface area (Å²) in [6.45, 7) is 4.50. The fourth-order valence-corrected chi connectivity index (χ4v) is 29.4. The summed E-state index contributed by atoms with van der Waals surface area (Å²) < 4.78 is -0.578. The van der Waals surface area contributed by atoms with Gasteiger partial charge in [0.05, 0.1) is 0 Å². The Morgan fingerprint density at radius 3 is 1.42 bits per heavy atom. The van der Waals surface area contributed by atoms with Crippen molar-refractivity contribution in [2.75, 3.05) is 0 Å². The second-order valence-electron chi connectivity index (χ2n) is 8.17. The zero-order valence-corrected chi connectivity index (χ0v) is 23.8. The van der Waals surface area contributed by atoms with Gasteiger partial charge in [-0.2, -0.15) is 0 Å². The summed E-state index contributed by atoms with van der Waals surface area (Å²) in [7, 11) is 18.5. The van der Waals surface area contributed by atoms with E-state index in [2.05, 4.69) is 98.3 Å². The second kappa shape index (κ2) is 9.92. The van der Waals surface area contributed by atoms with Gasteiger partial charge >= 0.3 is 203 Å². The fraction of sp³-hybridized carbons (Fsp3) is 0.308. The van der Waals surface area contributed by atoms with E-state index in [1.807, 2.05) is 0 Å². The first-order valence-electron chi connectivity index (χ1n) is 11.0. The first kappa shape index (κ1) is 23.9. The van der Waals surface area contributed by atoms with Crippen molar-refractivity contribution in [1.82, 2.24) is 0 Å². The number of rotatable bonds is 8. The van der Waals surface area contributed by atoms with E-state index in [0.717, 1.165) is 25.7 Å². The molecule has 0 nitrogen and oxygen atoms in total. The summed E-state index contributed by atoms with van der Waals surface area (Å²) in [6, 6.07) is 21.8. The van der Waals surface area contributed by atoms with E-state index in [-0.39, 0.29) is 5.73 Å². The molecule has 0 N–H and O–H groups in total. The molecule has 2 heterocycles. The quantitative estimate of drug-likeness (QED) is 0.281.